The predicted molar refractivity (Wildman–Crippen MR) is 83.8 cm³/mol. The fraction of sp³-hybridized carbons (Fsp3) is 0.647. The van der Waals surface area contributed by atoms with Crippen molar-refractivity contribution in [1.29, 1.82) is 0 Å². The summed E-state index contributed by atoms with van der Waals surface area (Å²) in [7, 11) is 4.26. The number of rotatable bonds is 6. The van der Waals surface area contributed by atoms with Crippen LogP contribution in [0.4, 0.5) is 0 Å². The van der Waals surface area contributed by atoms with E-state index in [4.69, 9.17) is 9.47 Å². The minimum Gasteiger partial charge on any atom is -0.454 e. The summed E-state index contributed by atoms with van der Waals surface area (Å²) in [5, 5.41) is 3.43. The molecule has 1 fully saturated rings. The Hall–Kier alpha value is -1.26. The lowest BCUT2D eigenvalue weighted by atomic mass is 10.0. The van der Waals surface area contributed by atoms with Gasteiger partial charge in [0.05, 0.1) is 0 Å². The molecule has 1 atom stereocenters. The summed E-state index contributed by atoms with van der Waals surface area (Å²) in [5.41, 5.74) is 1.26. The first-order chi connectivity index (χ1) is 10.3. The Morgan fingerprint density at radius 3 is 2.76 bits per heavy atom. The molecule has 0 bridgehead atoms. The molecule has 0 saturated heterocycles. The Morgan fingerprint density at radius 1 is 1.24 bits per heavy atom. The van der Waals surface area contributed by atoms with E-state index in [1.165, 1.54) is 37.8 Å². The third kappa shape index (κ3) is 3.50. The Morgan fingerprint density at radius 2 is 2.00 bits per heavy atom. The highest BCUT2D eigenvalue weighted by molar-refractivity contribution is 5.45. The van der Waals surface area contributed by atoms with E-state index in [1.54, 1.807) is 0 Å². The number of likely N-dealkylation sites (N-methyl/N-ethyl adjacent to an activating group) is 2. The number of fused-ring (bicyclic) bond motifs is 1. The smallest absolute Gasteiger partial charge is 0.231 e. The van der Waals surface area contributed by atoms with Crippen molar-refractivity contribution in [3.05, 3.63) is 23.8 Å². The Kier molecular flexibility index (Phi) is 4.66. The molecular formula is C17H26N2O2. The van der Waals surface area contributed by atoms with Gasteiger partial charge >= 0.3 is 0 Å². The van der Waals surface area contributed by atoms with Crippen LogP contribution in [0.15, 0.2) is 18.2 Å². The molecule has 4 nitrogen and oxygen atoms in total. The number of hydrogen-bond acceptors (Lipinski definition) is 4. The normalized spacial score (nSPS) is 19.4. The topological polar surface area (TPSA) is 33.7 Å². The van der Waals surface area contributed by atoms with E-state index in [9.17, 15) is 0 Å². The number of benzene rings is 1. The largest absolute Gasteiger partial charge is 0.454 e. The molecule has 1 aromatic carbocycles. The van der Waals surface area contributed by atoms with E-state index in [-0.39, 0.29) is 0 Å². The van der Waals surface area contributed by atoms with Crippen LogP contribution in [-0.2, 0) is 0 Å². The highest BCUT2D eigenvalue weighted by Gasteiger charge is 2.21. The molecule has 1 unspecified atom stereocenters. The SMILES string of the molecule is CNC(CN(C)CC1CCCC1)c1ccc2c(c1)OCO2. The molecule has 1 aliphatic carbocycles. The van der Waals surface area contributed by atoms with Gasteiger partial charge in [0.2, 0.25) is 6.79 Å². The van der Waals surface area contributed by atoms with Gasteiger partial charge < -0.3 is 19.7 Å². The monoisotopic (exact) mass is 290 g/mol. The molecule has 1 saturated carbocycles. The second-order valence-electron chi connectivity index (χ2n) is 6.33. The lowest BCUT2D eigenvalue weighted by Crippen LogP contribution is -2.33. The highest BCUT2D eigenvalue weighted by Crippen LogP contribution is 2.34. The average molecular weight is 290 g/mol. The Bertz CT molecular complexity index is 472. The van der Waals surface area contributed by atoms with Crippen molar-refractivity contribution in [3.63, 3.8) is 0 Å². The molecule has 1 aromatic rings. The van der Waals surface area contributed by atoms with Crippen LogP contribution >= 0.6 is 0 Å². The first kappa shape index (κ1) is 14.7. The lowest BCUT2D eigenvalue weighted by molar-refractivity contribution is 0.174. The van der Waals surface area contributed by atoms with Gasteiger partial charge in [-0.1, -0.05) is 18.9 Å². The molecular weight excluding hydrogens is 264 g/mol. The van der Waals surface area contributed by atoms with Crippen LogP contribution in [0.3, 0.4) is 0 Å². The summed E-state index contributed by atoms with van der Waals surface area (Å²) in [4.78, 5) is 2.46. The average Bonchev–Trinajstić information content (AvgIpc) is 3.14. The molecule has 1 aliphatic heterocycles. The van der Waals surface area contributed by atoms with E-state index < -0.39 is 0 Å². The molecule has 2 aliphatic rings. The molecule has 21 heavy (non-hydrogen) atoms. The third-order valence-electron chi connectivity index (χ3n) is 4.69. The summed E-state index contributed by atoms with van der Waals surface area (Å²) >= 11 is 0. The second kappa shape index (κ2) is 6.67. The zero-order valence-electron chi connectivity index (χ0n) is 13.1. The molecule has 0 radical (unpaired) electrons. The predicted octanol–water partition coefficient (Wildman–Crippen LogP) is 2.80. The second-order valence-corrected chi connectivity index (χ2v) is 6.33. The van der Waals surface area contributed by atoms with Gasteiger partial charge in [0.15, 0.2) is 11.5 Å². The van der Waals surface area contributed by atoms with Gasteiger partial charge in [0.25, 0.3) is 0 Å². The van der Waals surface area contributed by atoms with Gasteiger partial charge in [-0.25, -0.2) is 0 Å². The summed E-state index contributed by atoms with van der Waals surface area (Å²) in [5.74, 6) is 2.61. The van der Waals surface area contributed by atoms with E-state index in [0.717, 1.165) is 24.0 Å². The van der Waals surface area contributed by atoms with Crippen LogP contribution in [0.1, 0.15) is 37.3 Å². The van der Waals surface area contributed by atoms with Crippen LogP contribution in [-0.4, -0.2) is 38.9 Å². The van der Waals surface area contributed by atoms with Crippen molar-refractivity contribution in [2.45, 2.75) is 31.7 Å². The maximum atomic E-state index is 5.48. The minimum absolute atomic E-state index is 0.325. The number of ether oxygens (including phenoxy) is 2. The standard InChI is InChI=1S/C17H26N2O2/c1-18-15(11-19(2)10-13-5-3-4-6-13)14-7-8-16-17(9-14)21-12-20-16/h7-9,13,15,18H,3-6,10-12H2,1-2H3. The number of nitrogens with zero attached hydrogens (tertiary/aromatic N) is 1. The van der Waals surface area contributed by atoms with Crippen LogP contribution in [0.2, 0.25) is 0 Å². The van der Waals surface area contributed by atoms with E-state index in [1.807, 2.05) is 13.1 Å². The van der Waals surface area contributed by atoms with Crippen LogP contribution < -0.4 is 14.8 Å². The molecule has 1 heterocycles. The minimum atomic E-state index is 0.325. The third-order valence-corrected chi connectivity index (χ3v) is 4.69. The lowest BCUT2D eigenvalue weighted by Gasteiger charge is -2.26. The summed E-state index contributed by atoms with van der Waals surface area (Å²) in [6.07, 6.45) is 5.63. The number of hydrogen-bond donors (Lipinski definition) is 1. The molecule has 1 N–H and O–H groups in total. The van der Waals surface area contributed by atoms with Crippen molar-refractivity contribution in [3.8, 4) is 11.5 Å². The van der Waals surface area contributed by atoms with Crippen molar-refractivity contribution < 1.29 is 9.47 Å². The summed E-state index contributed by atoms with van der Waals surface area (Å²) in [6.45, 7) is 2.57. The van der Waals surface area contributed by atoms with Gasteiger partial charge in [0, 0.05) is 19.1 Å². The molecule has 4 heteroatoms. The van der Waals surface area contributed by atoms with Gasteiger partial charge in [-0.2, -0.15) is 0 Å². The van der Waals surface area contributed by atoms with Crippen molar-refractivity contribution >= 4 is 0 Å². The van der Waals surface area contributed by atoms with Crippen LogP contribution in [0.25, 0.3) is 0 Å². The first-order valence-corrected chi connectivity index (χ1v) is 8.01. The molecule has 3 rings (SSSR count). The summed E-state index contributed by atoms with van der Waals surface area (Å²) < 4.78 is 10.9. The van der Waals surface area contributed by atoms with E-state index >= 15 is 0 Å². The maximum absolute atomic E-state index is 5.48. The van der Waals surface area contributed by atoms with Crippen molar-refractivity contribution in [2.75, 3.05) is 34.0 Å². The maximum Gasteiger partial charge on any atom is 0.231 e. The van der Waals surface area contributed by atoms with E-state index in [2.05, 4.69) is 29.4 Å². The van der Waals surface area contributed by atoms with Crippen molar-refractivity contribution in [1.82, 2.24) is 10.2 Å². The fourth-order valence-corrected chi connectivity index (χ4v) is 3.51. The fourth-order valence-electron chi connectivity index (χ4n) is 3.51. The zero-order chi connectivity index (χ0) is 14.7. The van der Waals surface area contributed by atoms with Crippen LogP contribution in [0.5, 0.6) is 11.5 Å². The quantitative estimate of drug-likeness (QED) is 0.873. The molecule has 0 amide bonds. The zero-order valence-corrected chi connectivity index (χ0v) is 13.1. The Balaban J connectivity index is 1.61. The highest BCUT2D eigenvalue weighted by atomic mass is 16.7. The van der Waals surface area contributed by atoms with Crippen molar-refractivity contribution in [2.24, 2.45) is 5.92 Å². The van der Waals surface area contributed by atoms with Gasteiger partial charge in [-0.15, -0.1) is 0 Å². The number of nitrogens with one attached hydrogen (secondary N) is 1. The molecule has 0 aromatic heterocycles. The van der Waals surface area contributed by atoms with Crippen LogP contribution in [0, 0.1) is 5.92 Å². The molecule has 0 spiro atoms. The van der Waals surface area contributed by atoms with Gasteiger partial charge in [-0.05, 0) is 50.6 Å². The first-order valence-electron chi connectivity index (χ1n) is 8.01. The summed E-state index contributed by atoms with van der Waals surface area (Å²) in [6, 6.07) is 6.58. The van der Waals surface area contributed by atoms with Gasteiger partial charge in [-0.3, -0.25) is 0 Å². The van der Waals surface area contributed by atoms with Gasteiger partial charge in [0.1, 0.15) is 0 Å². The molecule has 116 valence electrons. The Labute approximate surface area is 127 Å². The van der Waals surface area contributed by atoms with E-state index in [0.29, 0.717) is 12.8 Å².